The number of benzene rings is 1. The Balaban J connectivity index is 1.83. The zero-order valence-corrected chi connectivity index (χ0v) is 23.6. The molecule has 0 atom stereocenters. The van der Waals surface area contributed by atoms with Gasteiger partial charge in [-0.3, -0.25) is 9.13 Å². The molecule has 0 saturated heterocycles. The van der Waals surface area contributed by atoms with Gasteiger partial charge in [0.05, 0.1) is 12.0 Å². The largest absolute Gasteiger partial charge is 0.361 e. The Morgan fingerprint density at radius 1 is 0.853 bits per heavy atom. The Hall–Kier alpha value is -2.08. The lowest BCUT2D eigenvalue weighted by Crippen LogP contribution is -2.29. The van der Waals surface area contributed by atoms with Crippen LogP contribution in [0.25, 0.3) is 11.2 Å². The van der Waals surface area contributed by atoms with E-state index in [1.165, 1.54) is 5.56 Å². The van der Waals surface area contributed by atoms with Crippen LogP contribution < -0.4 is 5.69 Å². The van der Waals surface area contributed by atoms with E-state index in [4.69, 9.17) is 9.47 Å². The van der Waals surface area contributed by atoms with E-state index >= 15 is 0 Å². The monoisotopic (exact) mass is 500 g/mol. The minimum atomic E-state index is -1.21. The Morgan fingerprint density at radius 3 is 2.09 bits per heavy atom. The van der Waals surface area contributed by atoms with E-state index in [1.54, 1.807) is 10.9 Å². The Labute approximate surface area is 205 Å². The second-order valence-corrected chi connectivity index (χ2v) is 22.6. The topological polar surface area (TPSA) is 71.2 Å². The summed E-state index contributed by atoms with van der Waals surface area (Å²) in [7, 11) is -2.37. The third-order valence-electron chi connectivity index (χ3n) is 5.78. The van der Waals surface area contributed by atoms with Crippen LogP contribution in [0.4, 0.5) is 0 Å². The Morgan fingerprint density at radius 2 is 1.47 bits per heavy atom. The molecule has 2 heterocycles. The number of aromatic nitrogens is 4. The van der Waals surface area contributed by atoms with Crippen LogP contribution in [0.2, 0.25) is 51.4 Å². The van der Waals surface area contributed by atoms with Gasteiger partial charge in [0.1, 0.15) is 19.0 Å². The number of nitrogens with zero attached hydrogens (tertiary/aromatic N) is 4. The van der Waals surface area contributed by atoms with Gasteiger partial charge in [-0.05, 0) is 30.5 Å². The Kier molecular flexibility index (Phi) is 9.03. The Bertz CT molecular complexity index is 1120. The third-order valence-corrected chi connectivity index (χ3v) is 9.19. The summed E-state index contributed by atoms with van der Waals surface area (Å²) in [5.74, 6) is 0. The average molecular weight is 501 g/mol. The van der Waals surface area contributed by atoms with Gasteiger partial charge < -0.3 is 9.47 Å². The van der Waals surface area contributed by atoms with Gasteiger partial charge >= 0.3 is 5.69 Å². The maximum Gasteiger partial charge on any atom is 0.351 e. The molecule has 3 rings (SSSR count). The molecule has 1 aromatic carbocycles. The van der Waals surface area contributed by atoms with Crippen molar-refractivity contribution in [2.45, 2.75) is 77.7 Å². The number of ether oxygens (including phenoxy) is 2. The molecule has 0 aliphatic rings. The predicted molar refractivity (Wildman–Crippen MR) is 144 cm³/mol. The van der Waals surface area contributed by atoms with E-state index in [2.05, 4.69) is 61.4 Å². The fraction of sp³-hybridized carbons (Fsp3) is 0.560. The second-order valence-electron chi connectivity index (χ2n) is 11.3. The third kappa shape index (κ3) is 8.00. The highest BCUT2D eigenvalue weighted by molar-refractivity contribution is 6.76. The van der Waals surface area contributed by atoms with E-state index in [0.717, 1.165) is 29.7 Å². The first kappa shape index (κ1) is 26.5. The molecule has 0 radical (unpaired) electrons. The van der Waals surface area contributed by atoms with Crippen LogP contribution in [-0.4, -0.2) is 48.5 Å². The molecule has 0 aliphatic carbocycles. The summed E-state index contributed by atoms with van der Waals surface area (Å²) >= 11 is 0. The number of aryl methyl sites for hydroxylation is 2. The van der Waals surface area contributed by atoms with Gasteiger partial charge in [-0.25, -0.2) is 9.78 Å². The molecule has 7 nitrogen and oxygen atoms in total. The number of hydrogen-bond acceptors (Lipinski definition) is 5. The molecule has 0 N–H and O–H groups in total. The first-order valence-electron chi connectivity index (χ1n) is 12.2. The van der Waals surface area contributed by atoms with Crippen molar-refractivity contribution < 1.29 is 9.47 Å². The summed E-state index contributed by atoms with van der Waals surface area (Å²) < 4.78 is 15.3. The van der Waals surface area contributed by atoms with Crippen molar-refractivity contribution >= 4 is 27.3 Å². The summed E-state index contributed by atoms with van der Waals surface area (Å²) in [5, 5.41) is 0. The smallest absolute Gasteiger partial charge is 0.351 e. The zero-order valence-electron chi connectivity index (χ0n) is 21.6. The highest BCUT2D eigenvalue weighted by Gasteiger charge is 2.18. The summed E-state index contributed by atoms with van der Waals surface area (Å²) in [6.07, 6.45) is 3.23. The molecule has 0 bridgehead atoms. The van der Waals surface area contributed by atoms with Gasteiger partial charge in [-0.1, -0.05) is 69.6 Å². The normalized spacial score (nSPS) is 12.5. The molecule has 0 spiro atoms. The van der Waals surface area contributed by atoms with Gasteiger partial charge in [0, 0.05) is 29.4 Å². The highest BCUT2D eigenvalue weighted by Crippen LogP contribution is 2.18. The number of imidazole rings is 1. The molecular weight excluding hydrogens is 460 g/mol. The van der Waals surface area contributed by atoms with Crippen molar-refractivity contribution in [3.63, 3.8) is 0 Å². The highest BCUT2D eigenvalue weighted by atomic mass is 28.3. The lowest BCUT2D eigenvalue weighted by atomic mass is 10.1. The lowest BCUT2D eigenvalue weighted by Gasteiger charge is -2.17. The summed E-state index contributed by atoms with van der Waals surface area (Å²) in [4.78, 5) is 22.1. The van der Waals surface area contributed by atoms with Crippen LogP contribution in [0.3, 0.4) is 0 Å². The maximum absolute atomic E-state index is 13.1. The van der Waals surface area contributed by atoms with Gasteiger partial charge in [-0.15, -0.1) is 0 Å². The molecule has 0 amide bonds. The summed E-state index contributed by atoms with van der Waals surface area (Å²) in [6.45, 7) is 15.9. The fourth-order valence-corrected chi connectivity index (χ4v) is 5.07. The van der Waals surface area contributed by atoms with E-state index in [1.807, 2.05) is 22.8 Å². The number of hydrogen-bond donors (Lipinski definition) is 0. The maximum atomic E-state index is 13.1. The van der Waals surface area contributed by atoms with Crippen molar-refractivity contribution in [1.29, 1.82) is 0 Å². The standard InChI is InChI=1S/C25H40N4O3Si2/c1-33(2,3)16-14-31-19-28-18-26-23-22(13-12-21-10-8-7-9-11-21)29(25(30)27-24(23)28)20-32-15-17-34(4,5)6/h7-11,18H,12-17,19-20H2,1-6H3. The van der Waals surface area contributed by atoms with Gasteiger partial charge in [0.2, 0.25) is 0 Å². The summed E-state index contributed by atoms with van der Waals surface area (Å²) in [6, 6.07) is 12.5. The lowest BCUT2D eigenvalue weighted by molar-refractivity contribution is 0.0817. The molecule has 0 aliphatic heterocycles. The minimum Gasteiger partial charge on any atom is -0.361 e. The molecule has 186 valence electrons. The summed E-state index contributed by atoms with van der Waals surface area (Å²) in [5.41, 5.74) is 3.12. The molecule has 3 aromatic rings. The number of rotatable bonds is 13. The van der Waals surface area contributed by atoms with Gasteiger partial charge in [-0.2, -0.15) is 4.98 Å². The SMILES string of the molecule is C[Si](C)(C)CCOCn1c(CCc2ccccc2)c2ncn(COCC[Si](C)(C)C)c2nc1=O. The first-order valence-corrected chi connectivity index (χ1v) is 19.6. The number of fused-ring (bicyclic) bond motifs is 1. The molecule has 34 heavy (non-hydrogen) atoms. The molecule has 0 saturated carbocycles. The van der Waals surface area contributed by atoms with Crippen LogP contribution in [0.5, 0.6) is 0 Å². The molecule has 2 aromatic heterocycles. The van der Waals surface area contributed by atoms with Crippen LogP contribution in [0.1, 0.15) is 11.3 Å². The van der Waals surface area contributed by atoms with E-state index < -0.39 is 16.1 Å². The van der Waals surface area contributed by atoms with Crippen molar-refractivity contribution in [2.75, 3.05) is 13.2 Å². The van der Waals surface area contributed by atoms with Crippen molar-refractivity contribution in [1.82, 2.24) is 19.1 Å². The molecular formula is C25H40N4O3Si2. The van der Waals surface area contributed by atoms with Crippen LogP contribution in [0.15, 0.2) is 41.5 Å². The fourth-order valence-electron chi connectivity index (χ4n) is 3.55. The van der Waals surface area contributed by atoms with Crippen molar-refractivity contribution in [3.8, 4) is 0 Å². The van der Waals surface area contributed by atoms with Crippen molar-refractivity contribution in [3.05, 3.63) is 58.4 Å². The molecule has 0 unspecified atom stereocenters. The molecule has 0 fully saturated rings. The average Bonchev–Trinajstić information content (AvgIpc) is 3.15. The quantitative estimate of drug-likeness (QED) is 0.244. The van der Waals surface area contributed by atoms with E-state index in [-0.39, 0.29) is 12.4 Å². The van der Waals surface area contributed by atoms with Crippen LogP contribution in [0, 0.1) is 0 Å². The van der Waals surface area contributed by atoms with Crippen molar-refractivity contribution in [2.24, 2.45) is 0 Å². The van der Waals surface area contributed by atoms with E-state index in [0.29, 0.717) is 32.0 Å². The second kappa shape index (κ2) is 11.6. The molecule has 9 heteroatoms. The van der Waals surface area contributed by atoms with Gasteiger partial charge in [0.25, 0.3) is 0 Å². The first-order chi connectivity index (χ1) is 16.0. The predicted octanol–water partition coefficient (Wildman–Crippen LogP) is 5.00. The zero-order chi connectivity index (χ0) is 24.8. The minimum absolute atomic E-state index is 0.204. The van der Waals surface area contributed by atoms with E-state index in [9.17, 15) is 4.79 Å². The van der Waals surface area contributed by atoms with Crippen LogP contribution in [-0.2, 0) is 35.8 Å². The van der Waals surface area contributed by atoms with Gasteiger partial charge in [0.15, 0.2) is 5.65 Å². The van der Waals surface area contributed by atoms with Crippen LogP contribution >= 0.6 is 0 Å².